The second kappa shape index (κ2) is 3.67. The minimum atomic E-state index is -0.854. The molecule has 6 nitrogen and oxygen atoms in total. The molecule has 3 rings (SSSR count). The Labute approximate surface area is 96.9 Å². The molecule has 1 atom stereocenters. The van der Waals surface area contributed by atoms with E-state index in [0.717, 1.165) is 5.56 Å². The Bertz CT molecular complexity index is 564. The molecule has 0 aliphatic carbocycles. The highest BCUT2D eigenvalue weighted by atomic mass is 16.3. The van der Waals surface area contributed by atoms with Crippen molar-refractivity contribution in [3.05, 3.63) is 36.0 Å². The molecule has 1 aromatic heterocycles. The van der Waals surface area contributed by atoms with E-state index in [1.807, 2.05) is 30.3 Å². The first kappa shape index (κ1) is 9.98. The molecule has 1 aromatic carbocycles. The summed E-state index contributed by atoms with van der Waals surface area (Å²) in [6.07, 6.45) is -0.854. The second-order valence-electron chi connectivity index (χ2n) is 3.79. The van der Waals surface area contributed by atoms with Gasteiger partial charge in [-0.2, -0.15) is 0 Å². The number of aliphatic hydroxyl groups excluding tert-OH is 1. The normalized spacial score (nSPS) is 18.6. The van der Waals surface area contributed by atoms with E-state index in [2.05, 4.69) is 15.6 Å². The van der Waals surface area contributed by atoms with Crippen molar-refractivity contribution in [2.75, 3.05) is 6.54 Å². The van der Waals surface area contributed by atoms with Gasteiger partial charge in [0.15, 0.2) is 11.9 Å². The predicted molar refractivity (Wildman–Crippen MR) is 59.0 cm³/mol. The molecule has 2 N–H and O–H groups in total. The molecule has 0 saturated carbocycles. The van der Waals surface area contributed by atoms with E-state index in [1.165, 1.54) is 4.68 Å². The molecule has 0 saturated heterocycles. The van der Waals surface area contributed by atoms with E-state index in [4.69, 9.17) is 0 Å². The van der Waals surface area contributed by atoms with Crippen molar-refractivity contribution in [2.24, 2.45) is 0 Å². The number of benzene rings is 1. The lowest BCUT2D eigenvalue weighted by Gasteiger charge is -2.19. The van der Waals surface area contributed by atoms with Gasteiger partial charge in [0.2, 0.25) is 0 Å². The molecule has 0 fully saturated rings. The predicted octanol–water partition coefficient (Wildman–Crippen LogP) is 0.179. The number of carbonyl (C=O) groups excluding carboxylic acids is 1. The minimum absolute atomic E-state index is 0.156. The second-order valence-corrected chi connectivity index (χ2v) is 3.79. The molecule has 17 heavy (non-hydrogen) atoms. The summed E-state index contributed by atoms with van der Waals surface area (Å²) in [6.45, 7) is 0.156. The number of rotatable bonds is 1. The van der Waals surface area contributed by atoms with Crippen LogP contribution in [0.3, 0.4) is 0 Å². The van der Waals surface area contributed by atoms with E-state index in [-0.39, 0.29) is 12.5 Å². The van der Waals surface area contributed by atoms with Crippen molar-refractivity contribution >= 4 is 5.91 Å². The first-order valence-corrected chi connectivity index (χ1v) is 5.24. The molecule has 0 bridgehead atoms. The van der Waals surface area contributed by atoms with Gasteiger partial charge in [-0.1, -0.05) is 35.5 Å². The van der Waals surface area contributed by atoms with Crippen LogP contribution >= 0.6 is 0 Å². The lowest BCUT2D eigenvalue weighted by atomic mass is 10.1. The zero-order valence-electron chi connectivity index (χ0n) is 8.87. The van der Waals surface area contributed by atoms with Crippen molar-refractivity contribution in [2.45, 2.75) is 6.23 Å². The van der Waals surface area contributed by atoms with E-state index < -0.39 is 6.23 Å². The summed E-state index contributed by atoms with van der Waals surface area (Å²) in [5.41, 5.74) is 1.59. The molecule has 1 aliphatic rings. The quantitative estimate of drug-likeness (QED) is 0.732. The largest absolute Gasteiger partial charge is 0.370 e. The van der Waals surface area contributed by atoms with Crippen LogP contribution in [0.25, 0.3) is 11.3 Å². The van der Waals surface area contributed by atoms with E-state index in [9.17, 15) is 9.90 Å². The van der Waals surface area contributed by atoms with Crippen molar-refractivity contribution in [1.82, 2.24) is 20.3 Å². The summed E-state index contributed by atoms with van der Waals surface area (Å²) in [6, 6.07) is 9.29. The Morgan fingerprint density at radius 1 is 1.35 bits per heavy atom. The molecular weight excluding hydrogens is 220 g/mol. The van der Waals surface area contributed by atoms with Gasteiger partial charge in [0.05, 0.1) is 6.54 Å². The van der Waals surface area contributed by atoms with Crippen LogP contribution in [0.1, 0.15) is 16.7 Å². The zero-order chi connectivity index (χ0) is 11.8. The Hall–Kier alpha value is -2.21. The van der Waals surface area contributed by atoms with Crippen LogP contribution in [0.15, 0.2) is 30.3 Å². The lowest BCUT2D eigenvalue weighted by Crippen LogP contribution is -2.39. The summed E-state index contributed by atoms with van der Waals surface area (Å²) in [5, 5.41) is 20.1. The van der Waals surface area contributed by atoms with Crippen LogP contribution < -0.4 is 5.32 Å². The van der Waals surface area contributed by atoms with Gasteiger partial charge in [0.1, 0.15) is 5.69 Å². The first-order valence-electron chi connectivity index (χ1n) is 5.24. The van der Waals surface area contributed by atoms with Crippen LogP contribution in [-0.2, 0) is 0 Å². The van der Waals surface area contributed by atoms with Crippen molar-refractivity contribution in [3.8, 4) is 11.3 Å². The zero-order valence-corrected chi connectivity index (χ0v) is 8.87. The fourth-order valence-corrected chi connectivity index (χ4v) is 1.86. The van der Waals surface area contributed by atoms with Crippen LogP contribution in [0.2, 0.25) is 0 Å². The summed E-state index contributed by atoms with van der Waals surface area (Å²) in [7, 11) is 0. The van der Waals surface area contributed by atoms with Crippen LogP contribution in [-0.4, -0.2) is 32.6 Å². The van der Waals surface area contributed by atoms with E-state index >= 15 is 0 Å². The molecule has 1 amide bonds. The average Bonchev–Trinajstić information content (AvgIpc) is 2.81. The summed E-state index contributed by atoms with van der Waals surface area (Å²) >= 11 is 0. The maximum atomic E-state index is 11.8. The third-order valence-electron chi connectivity index (χ3n) is 2.68. The van der Waals surface area contributed by atoms with Crippen molar-refractivity contribution in [1.29, 1.82) is 0 Å². The number of nitrogens with one attached hydrogen (secondary N) is 1. The highest BCUT2D eigenvalue weighted by molar-refractivity contribution is 5.98. The Kier molecular flexibility index (Phi) is 2.15. The molecule has 1 aliphatic heterocycles. The average molecular weight is 230 g/mol. The fraction of sp³-hybridized carbons (Fsp3) is 0.182. The SMILES string of the molecule is O=C1NCC(O)n2nnc(-c3ccccc3)c21. The van der Waals surface area contributed by atoms with Crippen LogP contribution in [0, 0.1) is 0 Å². The van der Waals surface area contributed by atoms with Crippen LogP contribution in [0.5, 0.6) is 0 Å². The Morgan fingerprint density at radius 3 is 2.88 bits per heavy atom. The summed E-state index contributed by atoms with van der Waals surface area (Å²) < 4.78 is 1.25. The van der Waals surface area contributed by atoms with Crippen molar-refractivity contribution in [3.63, 3.8) is 0 Å². The maximum absolute atomic E-state index is 11.8. The van der Waals surface area contributed by atoms with Gasteiger partial charge < -0.3 is 10.4 Å². The standard InChI is InChI=1S/C11H10N4O2/c16-8-6-12-11(17)10-9(13-14-15(8)10)7-4-2-1-3-5-7/h1-5,8,16H,6H2,(H,12,17). The number of hydrogen-bond donors (Lipinski definition) is 2. The van der Waals surface area contributed by atoms with Gasteiger partial charge in [-0.25, -0.2) is 4.68 Å². The number of β-amino-alcohol motifs (C(OH)–C–C–N with tert-alkyl or cyclic N) is 1. The van der Waals surface area contributed by atoms with E-state index in [1.54, 1.807) is 0 Å². The van der Waals surface area contributed by atoms with Gasteiger partial charge in [-0.05, 0) is 0 Å². The number of aliphatic hydroxyl groups is 1. The monoisotopic (exact) mass is 230 g/mol. The molecule has 86 valence electrons. The molecule has 2 heterocycles. The highest BCUT2D eigenvalue weighted by Gasteiger charge is 2.29. The molecular formula is C11H10N4O2. The summed E-state index contributed by atoms with van der Waals surface area (Å²) in [4.78, 5) is 11.8. The maximum Gasteiger partial charge on any atom is 0.272 e. The van der Waals surface area contributed by atoms with Crippen molar-refractivity contribution < 1.29 is 9.90 Å². The number of aromatic nitrogens is 3. The van der Waals surface area contributed by atoms with Crippen LogP contribution in [0.4, 0.5) is 0 Å². The first-order chi connectivity index (χ1) is 8.27. The minimum Gasteiger partial charge on any atom is -0.370 e. The van der Waals surface area contributed by atoms with Gasteiger partial charge in [0, 0.05) is 5.56 Å². The molecule has 6 heteroatoms. The Morgan fingerprint density at radius 2 is 2.12 bits per heavy atom. The smallest absolute Gasteiger partial charge is 0.272 e. The number of fused-ring (bicyclic) bond motifs is 1. The molecule has 2 aromatic rings. The highest BCUT2D eigenvalue weighted by Crippen LogP contribution is 2.24. The number of hydrogen-bond acceptors (Lipinski definition) is 4. The van der Waals surface area contributed by atoms with Gasteiger partial charge in [-0.15, -0.1) is 5.10 Å². The fourth-order valence-electron chi connectivity index (χ4n) is 1.86. The Balaban J connectivity index is 2.17. The molecule has 1 unspecified atom stereocenters. The van der Waals surface area contributed by atoms with E-state index in [0.29, 0.717) is 11.4 Å². The topological polar surface area (TPSA) is 80.0 Å². The van der Waals surface area contributed by atoms with Gasteiger partial charge >= 0.3 is 0 Å². The van der Waals surface area contributed by atoms with Gasteiger partial charge in [-0.3, -0.25) is 4.79 Å². The number of amides is 1. The number of carbonyl (C=O) groups is 1. The number of nitrogens with zero attached hydrogens (tertiary/aromatic N) is 3. The third-order valence-corrected chi connectivity index (χ3v) is 2.68. The lowest BCUT2D eigenvalue weighted by molar-refractivity contribution is 0.0584. The molecule has 0 spiro atoms. The third kappa shape index (κ3) is 1.50. The summed E-state index contributed by atoms with van der Waals surface area (Å²) in [5.74, 6) is -0.265. The molecule has 0 radical (unpaired) electrons. The van der Waals surface area contributed by atoms with Gasteiger partial charge in [0.25, 0.3) is 5.91 Å².